The lowest BCUT2D eigenvalue weighted by Crippen LogP contribution is -2.51. The number of rotatable bonds is 4. The Morgan fingerprint density at radius 1 is 1.43 bits per heavy atom. The Morgan fingerprint density at radius 3 is 2.74 bits per heavy atom. The highest BCUT2D eigenvalue weighted by Gasteiger charge is 2.28. The molecular weight excluding hydrogens is 333 g/mol. The molecule has 0 bridgehead atoms. The van der Waals surface area contributed by atoms with Crippen LogP contribution in [0.4, 0.5) is 5.69 Å². The lowest BCUT2D eigenvalue weighted by Gasteiger charge is -2.39. The summed E-state index contributed by atoms with van der Waals surface area (Å²) in [5.41, 5.74) is 8.68. The molecule has 1 fully saturated rings. The minimum atomic E-state index is -0.0265. The van der Waals surface area contributed by atoms with Crippen LogP contribution in [0.1, 0.15) is 30.9 Å². The number of nitrogens with two attached hydrogens (primary N) is 1. The van der Waals surface area contributed by atoms with Crippen LogP contribution in [0.5, 0.6) is 0 Å². The van der Waals surface area contributed by atoms with Crippen LogP contribution in [0, 0.1) is 19.8 Å². The highest BCUT2D eigenvalue weighted by atomic mass is 35.5. The number of hydrogen-bond donors (Lipinski definition) is 2. The molecule has 2 atom stereocenters. The van der Waals surface area contributed by atoms with Gasteiger partial charge in [-0.15, -0.1) is 12.4 Å². The molecule has 1 aliphatic rings. The van der Waals surface area contributed by atoms with E-state index < -0.39 is 0 Å². The van der Waals surface area contributed by atoms with Gasteiger partial charge in [0.15, 0.2) is 0 Å². The van der Waals surface area contributed by atoms with E-state index in [-0.39, 0.29) is 24.4 Å². The van der Waals surface area contributed by atoms with E-state index in [1.165, 1.54) is 6.42 Å². The van der Waals surface area contributed by atoms with Crippen molar-refractivity contribution in [3.8, 4) is 0 Å². The van der Waals surface area contributed by atoms with Gasteiger partial charge in [-0.25, -0.2) is 0 Å². The van der Waals surface area contributed by atoms with E-state index in [1.807, 2.05) is 26.0 Å². The van der Waals surface area contributed by atoms with Gasteiger partial charge in [0.1, 0.15) is 0 Å². The third-order valence-electron chi connectivity index (χ3n) is 4.52. The van der Waals surface area contributed by atoms with Gasteiger partial charge < -0.3 is 11.1 Å². The molecule has 1 heterocycles. The van der Waals surface area contributed by atoms with Gasteiger partial charge in [0.2, 0.25) is 5.91 Å². The Hall–Kier alpha value is -0.810. The van der Waals surface area contributed by atoms with Crippen LogP contribution in [0.2, 0.25) is 5.02 Å². The van der Waals surface area contributed by atoms with Crippen molar-refractivity contribution in [2.45, 2.75) is 39.7 Å². The standard InChI is InChI=1S/C17H26ClN3O.ClH/c1-11-7-13(3)17(14(18)8-11)20-16(22)10-21-6-4-5-12(2)15(21)9-19;/h7-8,12,15H,4-6,9-10,19H2,1-3H3,(H,20,22);1H. The first-order chi connectivity index (χ1) is 10.4. The van der Waals surface area contributed by atoms with Crippen LogP contribution in [0.25, 0.3) is 0 Å². The van der Waals surface area contributed by atoms with Crippen molar-refractivity contribution in [2.75, 3.05) is 25.0 Å². The van der Waals surface area contributed by atoms with Crippen molar-refractivity contribution >= 4 is 35.6 Å². The van der Waals surface area contributed by atoms with Crippen LogP contribution >= 0.6 is 24.0 Å². The first kappa shape index (κ1) is 20.2. The number of anilines is 1. The number of piperidine rings is 1. The van der Waals surface area contributed by atoms with Crippen molar-refractivity contribution in [2.24, 2.45) is 11.7 Å². The lowest BCUT2D eigenvalue weighted by molar-refractivity contribution is -0.118. The number of carbonyl (C=O) groups is 1. The Morgan fingerprint density at radius 2 is 2.13 bits per heavy atom. The van der Waals surface area contributed by atoms with Gasteiger partial charge in [0, 0.05) is 12.6 Å². The van der Waals surface area contributed by atoms with Crippen molar-refractivity contribution in [3.05, 3.63) is 28.3 Å². The first-order valence-corrected chi connectivity index (χ1v) is 8.31. The SMILES string of the molecule is Cc1cc(C)c(NC(=O)CN2CCCC(C)C2CN)c(Cl)c1.Cl. The fourth-order valence-electron chi connectivity index (χ4n) is 3.35. The van der Waals surface area contributed by atoms with Crippen molar-refractivity contribution < 1.29 is 4.79 Å². The monoisotopic (exact) mass is 359 g/mol. The average Bonchev–Trinajstić information content (AvgIpc) is 2.43. The quantitative estimate of drug-likeness (QED) is 0.866. The van der Waals surface area contributed by atoms with Crippen molar-refractivity contribution in [1.29, 1.82) is 0 Å². The van der Waals surface area contributed by atoms with E-state index in [0.29, 0.717) is 29.7 Å². The van der Waals surface area contributed by atoms with E-state index in [4.69, 9.17) is 17.3 Å². The third kappa shape index (κ3) is 5.08. The summed E-state index contributed by atoms with van der Waals surface area (Å²) in [6.07, 6.45) is 2.30. The van der Waals surface area contributed by atoms with Gasteiger partial charge in [-0.1, -0.05) is 24.6 Å². The number of nitrogens with zero attached hydrogens (tertiary/aromatic N) is 1. The minimum absolute atomic E-state index is 0. The summed E-state index contributed by atoms with van der Waals surface area (Å²) in [5, 5.41) is 3.55. The van der Waals surface area contributed by atoms with Gasteiger partial charge >= 0.3 is 0 Å². The second kappa shape index (κ2) is 8.88. The van der Waals surface area contributed by atoms with Gasteiger partial charge in [-0.05, 0) is 56.3 Å². The van der Waals surface area contributed by atoms with E-state index in [9.17, 15) is 4.79 Å². The normalized spacial score (nSPS) is 21.6. The molecule has 0 radical (unpaired) electrons. The Kier molecular flexibility index (Phi) is 7.81. The average molecular weight is 360 g/mol. The van der Waals surface area contributed by atoms with Gasteiger partial charge in [0.05, 0.1) is 17.3 Å². The second-order valence-electron chi connectivity index (χ2n) is 6.38. The summed E-state index contributed by atoms with van der Waals surface area (Å²) < 4.78 is 0. The number of halogens is 2. The maximum atomic E-state index is 12.4. The lowest BCUT2D eigenvalue weighted by atomic mass is 9.91. The number of aryl methyl sites for hydroxylation is 2. The van der Waals surface area contributed by atoms with Crippen LogP contribution in [0.15, 0.2) is 12.1 Å². The molecule has 1 aromatic rings. The Bertz CT molecular complexity index is 528. The zero-order chi connectivity index (χ0) is 16.3. The minimum Gasteiger partial charge on any atom is -0.329 e. The molecule has 2 rings (SSSR count). The Labute approximate surface area is 150 Å². The number of hydrogen-bond acceptors (Lipinski definition) is 3. The van der Waals surface area contributed by atoms with E-state index in [2.05, 4.69) is 17.1 Å². The van der Waals surface area contributed by atoms with Crippen LogP contribution in [-0.2, 0) is 4.79 Å². The number of amides is 1. The van der Waals surface area contributed by atoms with Crippen LogP contribution in [0.3, 0.4) is 0 Å². The van der Waals surface area contributed by atoms with Crippen molar-refractivity contribution in [1.82, 2.24) is 4.90 Å². The summed E-state index contributed by atoms with van der Waals surface area (Å²) in [6, 6.07) is 4.18. The van der Waals surface area contributed by atoms with Crippen molar-refractivity contribution in [3.63, 3.8) is 0 Å². The fourth-order valence-corrected chi connectivity index (χ4v) is 3.72. The van der Waals surface area contributed by atoms with Gasteiger partial charge in [0.25, 0.3) is 0 Å². The molecular formula is C17H27Cl2N3O. The molecule has 0 spiro atoms. The number of benzene rings is 1. The zero-order valence-corrected chi connectivity index (χ0v) is 15.6. The number of nitrogens with one attached hydrogen (secondary N) is 1. The maximum absolute atomic E-state index is 12.4. The van der Waals surface area contributed by atoms with Gasteiger partial charge in [-0.2, -0.15) is 0 Å². The predicted molar refractivity (Wildman–Crippen MR) is 99.6 cm³/mol. The van der Waals surface area contributed by atoms with Crippen LogP contribution in [-0.4, -0.2) is 36.5 Å². The molecule has 23 heavy (non-hydrogen) atoms. The molecule has 1 aliphatic heterocycles. The smallest absolute Gasteiger partial charge is 0.238 e. The Balaban J connectivity index is 0.00000264. The summed E-state index contributed by atoms with van der Waals surface area (Å²) in [4.78, 5) is 14.6. The predicted octanol–water partition coefficient (Wildman–Crippen LogP) is 3.38. The van der Waals surface area contributed by atoms with E-state index >= 15 is 0 Å². The number of carbonyl (C=O) groups excluding carboxylic acids is 1. The molecule has 6 heteroatoms. The molecule has 0 saturated carbocycles. The summed E-state index contributed by atoms with van der Waals surface area (Å²) >= 11 is 6.25. The summed E-state index contributed by atoms with van der Waals surface area (Å²) in [6.45, 7) is 8.06. The molecule has 1 amide bonds. The molecule has 130 valence electrons. The molecule has 0 aromatic heterocycles. The number of likely N-dealkylation sites (tertiary alicyclic amines) is 1. The molecule has 4 nitrogen and oxygen atoms in total. The second-order valence-corrected chi connectivity index (χ2v) is 6.79. The molecule has 1 saturated heterocycles. The fraction of sp³-hybridized carbons (Fsp3) is 0.588. The summed E-state index contributed by atoms with van der Waals surface area (Å²) in [7, 11) is 0. The highest BCUT2D eigenvalue weighted by Crippen LogP contribution is 2.28. The maximum Gasteiger partial charge on any atom is 0.238 e. The van der Waals surface area contributed by atoms with E-state index in [0.717, 1.165) is 24.1 Å². The largest absolute Gasteiger partial charge is 0.329 e. The van der Waals surface area contributed by atoms with Crippen LogP contribution < -0.4 is 11.1 Å². The highest BCUT2D eigenvalue weighted by molar-refractivity contribution is 6.34. The molecule has 3 N–H and O–H groups in total. The topological polar surface area (TPSA) is 58.4 Å². The van der Waals surface area contributed by atoms with Gasteiger partial charge in [-0.3, -0.25) is 9.69 Å². The molecule has 2 unspecified atom stereocenters. The third-order valence-corrected chi connectivity index (χ3v) is 4.81. The molecule has 0 aliphatic carbocycles. The first-order valence-electron chi connectivity index (χ1n) is 7.93. The molecule has 1 aromatic carbocycles. The van der Waals surface area contributed by atoms with E-state index in [1.54, 1.807) is 0 Å². The zero-order valence-electron chi connectivity index (χ0n) is 14.1. The summed E-state index contributed by atoms with van der Waals surface area (Å²) in [5.74, 6) is 0.512.